The van der Waals surface area contributed by atoms with Crippen LogP contribution in [0.25, 0.3) is 0 Å². The van der Waals surface area contributed by atoms with E-state index in [2.05, 4.69) is 11.8 Å². The molecule has 0 aliphatic rings. The molecule has 0 heterocycles. The SMILES string of the molecule is [CH2]CCN(COCC)COCC. The Hall–Kier alpha value is -0.120. The van der Waals surface area contributed by atoms with Crippen molar-refractivity contribution in [1.82, 2.24) is 4.90 Å². The third-order valence-corrected chi connectivity index (χ3v) is 1.43. The van der Waals surface area contributed by atoms with Gasteiger partial charge in [-0.05, 0) is 20.3 Å². The van der Waals surface area contributed by atoms with E-state index in [0.29, 0.717) is 13.5 Å². The smallest absolute Gasteiger partial charge is 0.101 e. The molecule has 0 aromatic rings. The molecule has 3 nitrogen and oxygen atoms in total. The largest absolute Gasteiger partial charge is 0.366 e. The van der Waals surface area contributed by atoms with Crippen molar-refractivity contribution in [2.24, 2.45) is 0 Å². The second-order valence-electron chi connectivity index (χ2n) is 2.49. The first-order valence-corrected chi connectivity index (χ1v) is 4.52. The highest BCUT2D eigenvalue weighted by Crippen LogP contribution is 1.92. The molecule has 0 saturated heterocycles. The maximum absolute atomic E-state index is 5.26. The van der Waals surface area contributed by atoms with E-state index in [4.69, 9.17) is 9.47 Å². The molecule has 0 spiro atoms. The highest BCUT2D eigenvalue weighted by Gasteiger charge is 2.01. The molecule has 0 aliphatic heterocycles. The molecule has 0 amide bonds. The Balaban J connectivity index is 3.40. The molecule has 0 atom stereocenters. The normalized spacial score (nSPS) is 11.0. The van der Waals surface area contributed by atoms with Crippen LogP contribution in [0.15, 0.2) is 0 Å². The standard InChI is InChI=1S/C9H20NO2/c1-4-7-10(8-11-5-2)9-12-6-3/h1,4-9H2,2-3H3. The fourth-order valence-corrected chi connectivity index (χ4v) is 0.831. The molecule has 3 heteroatoms. The van der Waals surface area contributed by atoms with Gasteiger partial charge in [0.1, 0.15) is 13.5 Å². The molecule has 12 heavy (non-hydrogen) atoms. The average molecular weight is 174 g/mol. The van der Waals surface area contributed by atoms with Crippen LogP contribution in [0.4, 0.5) is 0 Å². The molecule has 0 unspecified atom stereocenters. The lowest BCUT2D eigenvalue weighted by Gasteiger charge is -2.20. The van der Waals surface area contributed by atoms with Crippen molar-refractivity contribution in [3.63, 3.8) is 0 Å². The molecule has 0 aliphatic carbocycles. The van der Waals surface area contributed by atoms with Crippen LogP contribution in [0.3, 0.4) is 0 Å². The van der Waals surface area contributed by atoms with E-state index in [0.717, 1.165) is 26.2 Å². The van der Waals surface area contributed by atoms with E-state index in [1.165, 1.54) is 0 Å². The van der Waals surface area contributed by atoms with Gasteiger partial charge in [0.25, 0.3) is 0 Å². The van der Waals surface area contributed by atoms with Crippen LogP contribution in [0, 0.1) is 6.92 Å². The number of ether oxygens (including phenoxy) is 2. The lowest BCUT2D eigenvalue weighted by Crippen LogP contribution is -2.29. The van der Waals surface area contributed by atoms with Gasteiger partial charge < -0.3 is 9.47 Å². The molecular formula is C9H20NO2. The zero-order valence-electron chi connectivity index (χ0n) is 8.21. The molecular weight excluding hydrogens is 154 g/mol. The third-order valence-electron chi connectivity index (χ3n) is 1.43. The quantitative estimate of drug-likeness (QED) is 0.520. The number of hydrogen-bond acceptors (Lipinski definition) is 3. The predicted molar refractivity (Wildman–Crippen MR) is 49.7 cm³/mol. The Bertz CT molecular complexity index is 80.6. The van der Waals surface area contributed by atoms with Crippen molar-refractivity contribution in [3.05, 3.63) is 6.92 Å². The Labute approximate surface area is 75.6 Å². The van der Waals surface area contributed by atoms with Crippen LogP contribution in [0.2, 0.25) is 0 Å². The van der Waals surface area contributed by atoms with Gasteiger partial charge in [-0.25, -0.2) is 0 Å². The molecule has 0 saturated carbocycles. The summed E-state index contributed by atoms with van der Waals surface area (Å²) < 4.78 is 10.5. The van der Waals surface area contributed by atoms with Crippen molar-refractivity contribution < 1.29 is 9.47 Å². The summed E-state index contributed by atoms with van der Waals surface area (Å²) in [6.45, 7) is 11.5. The topological polar surface area (TPSA) is 21.7 Å². The summed E-state index contributed by atoms with van der Waals surface area (Å²) in [7, 11) is 0. The first-order chi connectivity index (χ1) is 5.85. The summed E-state index contributed by atoms with van der Waals surface area (Å²) in [6.07, 6.45) is 0.889. The van der Waals surface area contributed by atoms with Gasteiger partial charge in [-0.3, -0.25) is 4.90 Å². The van der Waals surface area contributed by atoms with Crippen LogP contribution in [-0.4, -0.2) is 38.1 Å². The van der Waals surface area contributed by atoms with E-state index in [-0.39, 0.29) is 0 Å². The fourth-order valence-electron chi connectivity index (χ4n) is 0.831. The molecule has 0 rings (SSSR count). The van der Waals surface area contributed by atoms with Crippen LogP contribution in [-0.2, 0) is 9.47 Å². The molecule has 0 fully saturated rings. The first kappa shape index (κ1) is 11.9. The zero-order chi connectivity index (χ0) is 9.23. The maximum Gasteiger partial charge on any atom is 0.101 e. The number of hydrogen-bond donors (Lipinski definition) is 0. The Morgan fingerprint density at radius 1 is 1.08 bits per heavy atom. The molecule has 73 valence electrons. The Morgan fingerprint density at radius 3 is 1.92 bits per heavy atom. The molecule has 0 N–H and O–H groups in total. The lowest BCUT2D eigenvalue weighted by molar-refractivity contribution is -0.0380. The van der Waals surface area contributed by atoms with E-state index >= 15 is 0 Å². The van der Waals surface area contributed by atoms with E-state index in [1.807, 2.05) is 13.8 Å². The van der Waals surface area contributed by atoms with Gasteiger partial charge in [-0.1, -0.05) is 6.92 Å². The monoisotopic (exact) mass is 174 g/mol. The molecule has 0 aromatic heterocycles. The van der Waals surface area contributed by atoms with Crippen molar-refractivity contribution in [2.75, 3.05) is 33.2 Å². The van der Waals surface area contributed by atoms with Crippen molar-refractivity contribution in [3.8, 4) is 0 Å². The van der Waals surface area contributed by atoms with Gasteiger partial charge >= 0.3 is 0 Å². The summed E-state index contributed by atoms with van der Waals surface area (Å²) in [5.74, 6) is 0. The van der Waals surface area contributed by atoms with Gasteiger partial charge in [0, 0.05) is 19.8 Å². The Kier molecular flexibility index (Phi) is 8.88. The summed E-state index contributed by atoms with van der Waals surface area (Å²) in [6, 6.07) is 0. The maximum atomic E-state index is 5.26. The summed E-state index contributed by atoms with van der Waals surface area (Å²) in [5, 5.41) is 0. The van der Waals surface area contributed by atoms with Crippen LogP contribution >= 0.6 is 0 Å². The fraction of sp³-hybridized carbons (Fsp3) is 0.889. The van der Waals surface area contributed by atoms with Crippen LogP contribution < -0.4 is 0 Å². The summed E-state index contributed by atoms with van der Waals surface area (Å²) in [5.41, 5.74) is 0. The molecule has 0 bridgehead atoms. The van der Waals surface area contributed by atoms with E-state index < -0.39 is 0 Å². The average Bonchev–Trinajstić information content (AvgIpc) is 2.10. The van der Waals surface area contributed by atoms with E-state index in [9.17, 15) is 0 Å². The molecule has 1 radical (unpaired) electrons. The predicted octanol–water partition coefficient (Wildman–Crippen LogP) is 1.50. The van der Waals surface area contributed by atoms with Gasteiger partial charge in [-0.2, -0.15) is 0 Å². The zero-order valence-corrected chi connectivity index (χ0v) is 8.21. The van der Waals surface area contributed by atoms with Crippen LogP contribution in [0.1, 0.15) is 20.3 Å². The number of nitrogens with zero attached hydrogens (tertiary/aromatic N) is 1. The third kappa shape index (κ3) is 6.58. The van der Waals surface area contributed by atoms with Gasteiger partial charge in [-0.15, -0.1) is 0 Å². The second-order valence-corrected chi connectivity index (χ2v) is 2.49. The minimum atomic E-state index is 0.645. The van der Waals surface area contributed by atoms with Gasteiger partial charge in [0.05, 0.1) is 0 Å². The highest BCUT2D eigenvalue weighted by molar-refractivity contribution is 4.49. The van der Waals surface area contributed by atoms with Crippen molar-refractivity contribution >= 4 is 0 Å². The van der Waals surface area contributed by atoms with Crippen molar-refractivity contribution in [1.29, 1.82) is 0 Å². The second kappa shape index (κ2) is 8.97. The van der Waals surface area contributed by atoms with E-state index in [1.54, 1.807) is 0 Å². The number of rotatable bonds is 8. The van der Waals surface area contributed by atoms with Gasteiger partial charge in [0.15, 0.2) is 0 Å². The lowest BCUT2D eigenvalue weighted by atomic mass is 10.4. The molecule has 0 aromatic carbocycles. The highest BCUT2D eigenvalue weighted by atomic mass is 16.5. The van der Waals surface area contributed by atoms with Gasteiger partial charge in [0.2, 0.25) is 0 Å². The summed E-state index contributed by atoms with van der Waals surface area (Å²) in [4.78, 5) is 2.10. The van der Waals surface area contributed by atoms with Crippen LogP contribution in [0.5, 0.6) is 0 Å². The van der Waals surface area contributed by atoms with Crippen molar-refractivity contribution in [2.45, 2.75) is 20.3 Å². The minimum Gasteiger partial charge on any atom is -0.366 e. The first-order valence-electron chi connectivity index (χ1n) is 4.52. The Morgan fingerprint density at radius 2 is 1.58 bits per heavy atom. The summed E-state index contributed by atoms with van der Waals surface area (Å²) >= 11 is 0. The minimum absolute atomic E-state index is 0.645.